The second kappa shape index (κ2) is 5.60. The number of hydrogen-bond acceptors (Lipinski definition) is 5. The maximum atomic E-state index is 11.3. The molecule has 0 spiro atoms. The predicted octanol–water partition coefficient (Wildman–Crippen LogP) is 2.26. The first-order chi connectivity index (χ1) is 8.69. The van der Waals surface area contributed by atoms with Crippen LogP contribution in [-0.4, -0.2) is 28.1 Å². The zero-order chi connectivity index (χ0) is 14.6. The number of phenolic OH excluding ortho intramolecular Hbond substituents is 2. The fourth-order valence-corrected chi connectivity index (χ4v) is 1.38. The minimum absolute atomic E-state index is 0.0350. The highest BCUT2D eigenvalue weighted by atomic mass is 16.6. The molecule has 104 valence electrons. The summed E-state index contributed by atoms with van der Waals surface area (Å²) in [6.07, 6.45) is 0.605. The van der Waals surface area contributed by atoms with E-state index in [0.29, 0.717) is 11.1 Å². The Morgan fingerprint density at radius 2 is 2.00 bits per heavy atom. The standard InChI is InChI=1S/C13H18N2O4/c1-8-5-9(16)6-11(17)10(8)7-14-15-12(18)19-13(2,3)4/h5-7,16-17H,1-4H3,(H,15,18)/b14-7-. The molecule has 19 heavy (non-hydrogen) atoms. The van der Waals surface area contributed by atoms with Crippen LogP contribution < -0.4 is 5.43 Å². The number of ether oxygens (including phenoxy) is 1. The van der Waals surface area contributed by atoms with Gasteiger partial charge in [-0.15, -0.1) is 0 Å². The van der Waals surface area contributed by atoms with Gasteiger partial charge in [0.05, 0.1) is 6.21 Å². The average Bonchev–Trinajstić information content (AvgIpc) is 2.19. The first kappa shape index (κ1) is 14.8. The molecular formula is C13H18N2O4. The van der Waals surface area contributed by atoms with Crippen LogP contribution in [-0.2, 0) is 4.74 Å². The number of amides is 1. The van der Waals surface area contributed by atoms with Gasteiger partial charge in [-0.05, 0) is 39.3 Å². The van der Waals surface area contributed by atoms with Crippen molar-refractivity contribution in [1.82, 2.24) is 5.43 Å². The molecule has 0 fully saturated rings. The van der Waals surface area contributed by atoms with Crippen LogP contribution in [0.5, 0.6) is 11.5 Å². The molecule has 0 saturated carbocycles. The Bertz CT molecular complexity index is 481. The highest BCUT2D eigenvalue weighted by Gasteiger charge is 2.15. The third-order valence-electron chi connectivity index (χ3n) is 2.10. The van der Waals surface area contributed by atoms with Crippen molar-refractivity contribution in [1.29, 1.82) is 0 Å². The maximum absolute atomic E-state index is 11.3. The monoisotopic (exact) mass is 266 g/mol. The smallest absolute Gasteiger partial charge is 0.428 e. The molecule has 0 unspecified atom stereocenters. The third-order valence-corrected chi connectivity index (χ3v) is 2.10. The Hall–Kier alpha value is -2.24. The van der Waals surface area contributed by atoms with Crippen LogP contribution >= 0.6 is 0 Å². The number of benzene rings is 1. The summed E-state index contributed by atoms with van der Waals surface area (Å²) >= 11 is 0. The molecular weight excluding hydrogens is 248 g/mol. The molecule has 0 radical (unpaired) electrons. The van der Waals surface area contributed by atoms with Crippen molar-refractivity contribution in [3.05, 3.63) is 23.3 Å². The van der Waals surface area contributed by atoms with Gasteiger partial charge in [0.1, 0.15) is 17.1 Å². The summed E-state index contributed by atoms with van der Waals surface area (Å²) in [5.41, 5.74) is 2.63. The van der Waals surface area contributed by atoms with Gasteiger partial charge in [0.25, 0.3) is 0 Å². The molecule has 0 atom stereocenters. The molecule has 0 aromatic heterocycles. The molecule has 0 aliphatic carbocycles. The van der Waals surface area contributed by atoms with E-state index in [1.807, 2.05) is 0 Å². The molecule has 1 rings (SSSR count). The van der Waals surface area contributed by atoms with Crippen molar-refractivity contribution < 1.29 is 19.7 Å². The Kier molecular flexibility index (Phi) is 4.37. The summed E-state index contributed by atoms with van der Waals surface area (Å²) in [4.78, 5) is 11.3. The highest BCUT2D eigenvalue weighted by Crippen LogP contribution is 2.24. The van der Waals surface area contributed by atoms with Crippen molar-refractivity contribution in [3.8, 4) is 11.5 Å². The lowest BCUT2D eigenvalue weighted by Crippen LogP contribution is -2.29. The molecule has 0 saturated heterocycles. The van der Waals surface area contributed by atoms with Gasteiger partial charge in [0, 0.05) is 11.6 Å². The average molecular weight is 266 g/mol. The van der Waals surface area contributed by atoms with E-state index in [1.165, 1.54) is 18.3 Å². The van der Waals surface area contributed by atoms with E-state index < -0.39 is 11.7 Å². The number of aryl methyl sites for hydroxylation is 1. The van der Waals surface area contributed by atoms with Crippen LogP contribution in [0.1, 0.15) is 31.9 Å². The van der Waals surface area contributed by atoms with E-state index in [9.17, 15) is 15.0 Å². The minimum Gasteiger partial charge on any atom is -0.508 e. The maximum Gasteiger partial charge on any atom is 0.428 e. The molecule has 0 bridgehead atoms. The van der Waals surface area contributed by atoms with Gasteiger partial charge in [-0.1, -0.05) is 0 Å². The van der Waals surface area contributed by atoms with Crippen LogP contribution in [0.3, 0.4) is 0 Å². The van der Waals surface area contributed by atoms with E-state index in [-0.39, 0.29) is 11.5 Å². The Labute approximate surface area is 111 Å². The van der Waals surface area contributed by atoms with Crippen molar-refractivity contribution in [2.24, 2.45) is 5.10 Å². The van der Waals surface area contributed by atoms with E-state index in [0.717, 1.165) is 0 Å². The van der Waals surface area contributed by atoms with E-state index >= 15 is 0 Å². The number of nitrogens with zero attached hydrogens (tertiary/aromatic N) is 1. The van der Waals surface area contributed by atoms with Crippen LogP contribution in [0.25, 0.3) is 0 Å². The zero-order valence-electron chi connectivity index (χ0n) is 11.4. The first-order valence-electron chi connectivity index (χ1n) is 5.73. The second-order valence-corrected chi connectivity index (χ2v) is 5.07. The molecule has 0 aliphatic heterocycles. The number of rotatable bonds is 2. The molecule has 1 amide bonds. The van der Waals surface area contributed by atoms with Crippen LogP contribution in [0.2, 0.25) is 0 Å². The summed E-state index contributed by atoms with van der Waals surface area (Å²) in [7, 11) is 0. The van der Waals surface area contributed by atoms with Crippen LogP contribution in [0, 0.1) is 6.92 Å². The topological polar surface area (TPSA) is 91.1 Å². The summed E-state index contributed by atoms with van der Waals surface area (Å²) in [6, 6.07) is 2.68. The van der Waals surface area contributed by atoms with Gasteiger partial charge in [0.15, 0.2) is 0 Å². The number of phenols is 2. The lowest BCUT2D eigenvalue weighted by atomic mass is 10.1. The number of aromatic hydroxyl groups is 2. The van der Waals surface area contributed by atoms with Crippen molar-refractivity contribution in [2.45, 2.75) is 33.3 Å². The van der Waals surface area contributed by atoms with Gasteiger partial charge >= 0.3 is 6.09 Å². The number of nitrogens with one attached hydrogen (secondary N) is 1. The van der Waals surface area contributed by atoms with Gasteiger partial charge in [-0.3, -0.25) is 0 Å². The Morgan fingerprint density at radius 3 is 2.53 bits per heavy atom. The number of hydrogen-bond donors (Lipinski definition) is 3. The molecule has 1 aromatic rings. The molecule has 6 heteroatoms. The minimum atomic E-state index is -0.681. The SMILES string of the molecule is Cc1cc(O)cc(O)c1/C=N\NC(=O)OC(C)(C)C. The lowest BCUT2D eigenvalue weighted by molar-refractivity contribution is 0.0529. The Morgan fingerprint density at radius 1 is 1.37 bits per heavy atom. The van der Waals surface area contributed by atoms with E-state index in [4.69, 9.17) is 4.74 Å². The number of hydrazone groups is 1. The molecule has 1 aromatic carbocycles. The molecule has 3 N–H and O–H groups in total. The van der Waals surface area contributed by atoms with E-state index in [1.54, 1.807) is 27.7 Å². The fourth-order valence-electron chi connectivity index (χ4n) is 1.38. The molecule has 6 nitrogen and oxygen atoms in total. The largest absolute Gasteiger partial charge is 0.508 e. The summed E-state index contributed by atoms with van der Waals surface area (Å²) in [5.74, 6) is -0.153. The Balaban J connectivity index is 2.71. The van der Waals surface area contributed by atoms with Crippen LogP contribution in [0.4, 0.5) is 4.79 Å². The van der Waals surface area contributed by atoms with Crippen molar-refractivity contribution in [3.63, 3.8) is 0 Å². The van der Waals surface area contributed by atoms with E-state index in [2.05, 4.69) is 10.5 Å². The summed E-state index contributed by atoms with van der Waals surface area (Å²) in [6.45, 7) is 6.93. The predicted molar refractivity (Wildman–Crippen MR) is 71.5 cm³/mol. The normalized spacial score (nSPS) is 11.6. The zero-order valence-corrected chi connectivity index (χ0v) is 11.4. The quantitative estimate of drug-likeness (QED) is 0.565. The molecule has 0 aliphatic rings. The number of carbonyl (C=O) groups excluding carboxylic acids is 1. The summed E-state index contributed by atoms with van der Waals surface area (Å²) in [5, 5.41) is 22.6. The van der Waals surface area contributed by atoms with Gasteiger partial charge < -0.3 is 14.9 Å². The van der Waals surface area contributed by atoms with Gasteiger partial charge in [0.2, 0.25) is 0 Å². The second-order valence-electron chi connectivity index (χ2n) is 5.07. The van der Waals surface area contributed by atoms with Gasteiger partial charge in [-0.2, -0.15) is 5.10 Å². The fraction of sp³-hybridized carbons (Fsp3) is 0.385. The van der Waals surface area contributed by atoms with Gasteiger partial charge in [-0.25, -0.2) is 10.2 Å². The third kappa shape index (κ3) is 4.87. The van der Waals surface area contributed by atoms with Crippen molar-refractivity contribution >= 4 is 12.3 Å². The summed E-state index contributed by atoms with van der Waals surface area (Å²) < 4.78 is 4.99. The van der Waals surface area contributed by atoms with Crippen molar-refractivity contribution in [2.75, 3.05) is 0 Å². The van der Waals surface area contributed by atoms with Crippen LogP contribution in [0.15, 0.2) is 17.2 Å². The lowest BCUT2D eigenvalue weighted by Gasteiger charge is -2.18. The highest BCUT2D eigenvalue weighted by molar-refractivity contribution is 5.86. The molecule has 0 heterocycles. The number of carbonyl (C=O) groups is 1. The first-order valence-corrected chi connectivity index (χ1v) is 5.73.